The normalized spacial score (nSPS) is 12.0. The smallest absolute Gasteiger partial charge is 0.326 e. The fourth-order valence-electron chi connectivity index (χ4n) is 1.93. The van der Waals surface area contributed by atoms with E-state index in [2.05, 4.69) is 10.6 Å². The van der Waals surface area contributed by atoms with E-state index in [1.165, 1.54) is 20.3 Å². The fourth-order valence-corrected chi connectivity index (χ4v) is 1.93. The third-order valence-electron chi connectivity index (χ3n) is 3.47. The van der Waals surface area contributed by atoms with E-state index in [4.69, 9.17) is 9.47 Å². The molecule has 0 bridgehead atoms. The molecule has 1 aromatic rings. The highest BCUT2D eigenvalue weighted by molar-refractivity contribution is 5.95. The van der Waals surface area contributed by atoms with Gasteiger partial charge < -0.3 is 25.2 Å². The van der Waals surface area contributed by atoms with Crippen LogP contribution in [0.5, 0.6) is 11.5 Å². The molecule has 0 saturated heterocycles. The number of carbonyl (C=O) groups is 3. The second-order valence-electron chi connectivity index (χ2n) is 6.44. The molecule has 0 saturated carbocycles. The minimum Gasteiger partial charge on any atom is -0.493 e. The lowest BCUT2D eigenvalue weighted by Crippen LogP contribution is -2.45. The molecule has 1 unspecified atom stereocenters. The van der Waals surface area contributed by atoms with E-state index in [0.717, 1.165) is 0 Å². The summed E-state index contributed by atoms with van der Waals surface area (Å²) in [6.07, 6.45) is -0.293. The number of amides is 2. The number of carboxylic acid groups (broad SMARTS) is 1. The van der Waals surface area contributed by atoms with Gasteiger partial charge in [-0.15, -0.1) is 0 Å². The minimum absolute atomic E-state index is 0.258. The van der Waals surface area contributed by atoms with Crippen LogP contribution in [0.4, 0.5) is 10.5 Å². The molecular weight excluding hydrogens is 328 g/mol. The van der Waals surface area contributed by atoms with Gasteiger partial charge >= 0.3 is 12.0 Å². The van der Waals surface area contributed by atoms with E-state index in [1.54, 1.807) is 32.9 Å². The number of ketones is 1. The largest absolute Gasteiger partial charge is 0.493 e. The zero-order chi connectivity index (χ0) is 19.2. The molecule has 0 aliphatic rings. The molecular formula is C17H24N2O6. The lowest BCUT2D eigenvalue weighted by Gasteiger charge is -2.20. The molecule has 0 heterocycles. The van der Waals surface area contributed by atoms with Crippen molar-refractivity contribution in [3.63, 3.8) is 0 Å². The first-order valence-corrected chi connectivity index (χ1v) is 7.64. The fraction of sp³-hybridized carbons (Fsp3) is 0.471. The molecule has 3 N–H and O–H groups in total. The molecule has 0 fully saturated rings. The van der Waals surface area contributed by atoms with Crippen molar-refractivity contribution in [2.75, 3.05) is 19.5 Å². The third kappa shape index (κ3) is 5.98. The predicted octanol–water partition coefficient (Wildman–Crippen LogP) is 2.28. The van der Waals surface area contributed by atoms with E-state index in [9.17, 15) is 19.5 Å². The Hall–Kier alpha value is -2.77. The highest BCUT2D eigenvalue weighted by Crippen LogP contribution is 2.29. The van der Waals surface area contributed by atoms with Crippen molar-refractivity contribution in [2.24, 2.45) is 5.41 Å². The second kappa shape index (κ2) is 8.36. The topological polar surface area (TPSA) is 114 Å². The molecule has 1 atom stereocenters. The van der Waals surface area contributed by atoms with Gasteiger partial charge in [0, 0.05) is 23.6 Å². The van der Waals surface area contributed by atoms with E-state index >= 15 is 0 Å². The summed E-state index contributed by atoms with van der Waals surface area (Å²) in [5, 5.41) is 14.0. The number of anilines is 1. The molecule has 1 aromatic carbocycles. The maximum Gasteiger partial charge on any atom is 0.326 e. The molecule has 0 aromatic heterocycles. The Bertz CT molecular complexity index is 651. The summed E-state index contributed by atoms with van der Waals surface area (Å²) < 4.78 is 10.2. The number of methoxy groups -OCH3 is 2. The van der Waals surface area contributed by atoms with Crippen LogP contribution in [0.25, 0.3) is 0 Å². The van der Waals surface area contributed by atoms with Crippen LogP contribution in [0.3, 0.4) is 0 Å². The van der Waals surface area contributed by atoms with Gasteiger partial charge in [-0.05, 0) is 12.1 Å². The first-order valence-electron chi connectivity index (χ1n) is 7.64. The summed E-state index contributed by atoms with van der Waals surface area (Å²) in [5.74, 6) is -0.628. The quantitative estimate of drug-likeness (QED) is 0.694. The number of urea groups is 1. The molecule has 8 nitrogen and oxygen atoms in total. The average molecular weight is 352 g/mol. The van der Waals surface area contributed by atoms with Gasteiger partial charge in [-0.3, -0.25) is 4.79 Å². The Morgan fingerprint density at radius 2 is 1.72 bits per heavy atom. The SMILES string of the molecule is COc1ccc(NC(=O)NC(CC(=O)C(C)(C)C)C(=O)O)cc1OC. The first-order chi connectivity index (χ1) is 11.6. The summed E-state index contributed by atoms with van der Waals surface area (Å²) in [6, 6.07) is 2.67. The van der Waals surface area contributed by atoms with Gasteiger partial charge in [-0.1, -0.05) is 20.8 Å². The van der Waals surface area contributed by atoms with Crippen molar-refractivity contribution in [3.8, 4) is 11.5 Å². The number of nitrogens with one attached hydrogen (secondary N) is 2. The summed E-state index contributed by atoms with van der Waals surface area (Å²) in [6.45, 7) is 5.08. The van der Waals surface area contributed by atoms with Crippen LogP contribution in [0.2, 0.25) is 0 Å². The maximum atomic E-state index is 12.0. The summed E-state index contributed by atoms with van der Waals surface area (Å²) in [4.78, 5) is 35.4. The van der Waals surface area contributed by atoms with Crippen LogP contribution < -0.4 is 20.1 Å². The summed E-state index contributed by atoms with van der Waals surface area (Å²) in [7, 11) is 2.95. The number of hydrogen-bond acceptors (Lipinski definition) is 5. The number of Topliss-reactive ketones (excluding diaryl/α,β-unsaturated/α-hetero) is 1. The standard InChI is InChI=1S/C17H24N2O6/c1-17(2,3)14(20)9-11(15(21)22)19-16(23)18-10-6-7-12(24-4)13(8-10)25-5/h6-8,11H,9H2,1-5H3,(H,21,22)(H2,18,19,23). The van der Waals surface area contributed by atoms with Gasteiger partial charge in [0.1, 0.15) is 11.8 Å². The third-order valence-corrected chi connectivity index (χ3v) is 3.47. The molecule has 0 aliphatic heterocycles. The van der Waals surface area contributed by atoms with Gasteiger partial charge in [0.15, 0.2) is 11.5 Å². The van der Waals surface area contributed by atoms with Crippen molar-refractivity contribution >= 4 is 23.5 Å². The van der Waals surface area contributed by atoms with Crippen molar-refractivity contribution in [1.82, 2.24) is 5.32 Å². The summed E-state index contributed by atoms with van der Waals surface area (Å²) in [5.41, 5.74) is -0.295. The predicted molar refractivity (Wildman–Crippen MR) is 92.2 cm³/mol. The van der Waals surface area contributed by atoms with Gasteiger partial charge in [0.05, 0.1) is 14.2 Å². The van der Waals surface area contributed by atoms with Crippen LogP contribution in [0.1, 0.15) is 27.2 Å². The second-order valence-corrected chi connectivity index (χ2v) is 6.44. The van der Waals surface area contributed by atoms with Crippen molar-refractivity contribution in [2.45, 2.75) is 33.2 Å². The Morgan fingerprint density at radius 3 is 2.20 bits per heavy atom. The molecule has 0 aliphatic carbocycles. The molecule has 0 radical (unpaired) electrons. The van der Waals surface area contributed by atoms with Crippen LogP contribution in [0, 0.1) is 5.41 Å². The molecule has 0 spiro atoms. The van der Waals surface area contributed by atoms with E-state index in [-0.39, 0.29) is 12.2 Å². The number of carbonyl (C=O) groups excluding carboxylic acids is 2. The van der Waals surface area contributed by atoms with Gasteiger partial charge in [-0.25, -0.2) is 9.59 Å². The number of rotatable bonds is 7. The molecule has 138 valence electrons. The van der Waals surface area contributed by atoms with Crippen LogP contribution in [-0.2, 0) is 9.59 Å². The first kappa shape index (κ1) is 20.3. The van der Waals surface area contributed by atoms with E-state index < -0.39 is 23.5 Å². The number of ether oxygens (including phenoxy) is 2. The summed E-state index contributed by atoms with van der Waals surface area (Å²) >= 11 is 0. The lowest BCUT2D eigenvalue weighted by molar-refractivity contribution is -0.141. The number of aliphatic carboxylic acids is 1. The Kier molecular flexibility index (Phi) is 6.78. The molecule has 2 amide bonds. The number of benzene rings is 1. The van der Waals surface area contributed by atoms with Gasteiger partial charge in [0.25, 0.3) is 0 Å². The van der Waals surface area contributed by atoms with Crippen LogP contribution in [-0.4, -0.2) is 43.2 Å². The Morgan fingerprint density at radius 1 is 1.12 bits per heavy atom. The van der Waals surface area contributed by atoms with Gasteiger partial charge in [0.2, 0.25) is 0 Å². The maximum absolute atomic E-state index is 12.0. The Balaban J connectivity index is 2.79. The highest BCUT2D eigenvalue weighted by atomic mass is 16.5. The molecule has 25 heavy (non-hydrogen) atoms. The molecule has 8 heteroatoms. The van der Waals surface area contributed by atoms with Crippen molar-refractivity contribution in [1.29, 1.82) is 0 Å². The zero-order valence-corrected chi connectivity index (χ0v) is 15.0. The lowest BCUT2D eigenvalue weighted by atomic mass is 9.87. The number of carboxylic acids is 1. The number of hydrogen-bond donors (Lipinski definition) is 3. The van der Waals surface area contributed by atoms with Gasteiger partial charge in [-0.2, -0.15) is 0 Å². The van der Waals surface area contributed by atoms with E-state index in [1.807, 2.05) is 0 Å². The zero-order valence-electron chi connectivity index (χ0n) is 15.0. The van der Waals surface area contributed by atoms with Crippen molar-refractivity contribution < 1.29 is 29.0 Å². The minimum atomic E-state index is -1.31. The highest BCUT2D eigenvalue weighted by Gasteiger charge is 2.29. The van der Waals surface area contributed by atoms with Crippen LogP contribution >= 0.6 is 0 Å². The molecule has 1 rings (SSSR count). The van der Waals surface area contributed by atoms with Crippen LogP contribution in [0.15, 0.2) is 18.2 Å². The van der Waals surface area contributed by atoms with E-state index in [0.29, 0.717) is 17.2 Å². The monoisotopic (exact) mass is 352 g/mol. The Labute approximate surface area is 146 Å². The average Bonchev–Trinajstić information content (AvgIpc) is 2.52. The van der Waals surface area contributed by atoms with Crippen molar-refractivity contribution in [3.05, 3.63) is 18.2 Å².